The second kappa shape index (κ2) is 7.11. The monoisotopic (exact) mass is 363 g/mol. The van der Waals surface area contributed by atoms with Crippen LogP contribution in [0.3, 0.4) is 0 Å². The van der Waals surface area contributed by atoms with E-state index >= 15 is 0 Å². The second-order valence-corrected chi connectivity index (χ2v) is 6.59. The van der Waals surface area contributed by atoms with Gasteiger partial charge in [-0.3, -0.25) is 9.69 Å². The van der Waals surface area contributed by atoms with Gasteiger partial charge in [0.25, 0.3) is 5.91 Å². The molecule has 1 aliphatic rings. The molecule has 27 heavy (non-hydrogen) atoms. The van der Waals surface area contributed by atoms with Crippen molar-refractivity contribution in [3.63, 3.8) is 0 Å². The van der Waals surface area contributed by atoms with Crippen LogP contribution in [0.4, 0.5) is 5.69 Å². The maximum Gasteiger partial charge on any atom is 0.340 e. The van der Waals surface area contributed by atoms with E-state index in [-0.39, 0.29) is 22.8 Å². The number of esters is 1. The van der Waals surface area contributed by atoms with Gasteiger partial charge in [0.15, 0.2) is 0 Å². The summed E-state index contributed by atoms with van der Waals surface area (Å²) in [5.41, 5.74) is 4.52. The Hall–Kier alpha value is -3.34. The molecule has 1 aliphatic heterocycles. The van der Waals surface area contributed by atoms with Crippen molar-refractivity contribution >= 4 is 23.6 Å². The molecular formula is C22H21NO4. The number of aromatic hydroxyl groups is 1. The molecule has 0 bridgehead atoms. The van der Waals surface area contributed by atoms with Gasteiger partial charge >= 0.3 is 5.97 Å². The molecule has 0 fully saturated rings. The van der Waals surface area contributed by atoms with Gasteiger partial charge in [-0.05, 0) is 67.8 Å². The Kier molecular flexibility index (Phi) is 4.86. The molecule has 3 rings (SSSR count). The fourth-order valence-corrected chi connectivity index (χ4v) is 3.31. The van der Waals surface area contributed by atoms with Crippen LogP contribution in [-0.2, 0) is 14.3 Å². The van der Waals surface area contributed by atoms with E-state index in [9.17, 15) is 14.7 Å². The number of hydrogen-bond donors (Lipinski definition) is 1. The van der Waals surface area contributed by atoms with Crippen molar-refractivity contribution in [2.75, 3.05) is 12.0 Å². The second-order valence-electron chi connectivity index (χ2n) is 6.59. The third kappa shape index (κ3) is 3.49. The number of methoxy groups -OCH3 is 1. The quantitative estimate of drug-likeness (QED) is 0.664. The molecular weight excluding hydrogens is 342 g/mol. The largest absolute Gasteiger partial charge is 0.508 e. The number of benzene rings is 2. The van der Waals surface area contributed by atoms with Crippen LogP contribution in [0, 0.1) is 13.8 Å². The Balaban J connectivity index is 2.15. The summed E-state index contributed by atoms with van der Waals surface area (Å²) in [6.07, 6.45) is 1.64. The first-order chi connectivity index (χ1) is 12.8. The summed E-state index contributed by atoms with van der Waals surface area (Å²) in [6.45, 7) is 5.66. The van der Waals surface area contributed by atoms with Gasteiger partial charge in [-0.1, -0.05) is 18.2 Å². The van der Waals surface area contributed by atoms with E-state index in [1.165, 1.54) is 19.2 Å². The summed E-state index contributed by atoms with van der Waals surface area (Å²) >= 11 is 0. The van der Waals surface area contributed by atoms with Crippen LogP contribution in [0.25, 0.3) is 6.08 Å². The molecule has 1 amide bonds. The van der Waals surface area contributed by atoms with Gasteiger partial charge in [0.2, 0.25) is 0 Å². The van der Waals surface area contributed by atoms with Crippen LogP contribution in [0.1, 0.15) is 23.6 Å². The highest BCUT2D eigenvalue weighted by atomic mass is 16.5. The van der Waals surface area contributed by atoms with E-state index in [0.29, 0.717) is 16.9 Å². The Morgan fingerprint density at radius 1 is 1.04 bits per heavy atom. The maximum absolute atomic E-state index is 13.2. The first kappa shape index (κ1) is 18.5. The first-order valence-electron chi connectivity index (χ1n) is 8.55. The van der Waals surface area contributed by atoms with Crippen LogP contribution in [0.2, 0.25) is 0 Å². The molecule has 0 spiro atoms. The number of ether oxygens (including phenoxy) is 1. The van der Waals surface area contributed by atoms with Crippen molar-refractivity contribution in [2.45, 2.75) is 20.8 Å². The predicted octanol–water partition coefficient (Wildman–Crippen LogP) is 3.89. The number of phenols is 1. The summed E-state index contributed by atoms with van der Waals surface area (Å²) in [7, 11) is 1.30. The Labute approximate surface area is 158 Å². The summed E-state index contributed by atoms with van der Waals surface area (Å²) in [5, 5.41) is 9.45. The molecule has 0 atom stereocenters. The average molecular weight is 363 g/mol. The van der Waals surface area contributed by atoms with Crippen LogP contribution in [0.15, 0.2) is 59.3 Å². The van der Waals surface area contributed by atoms with E-state index in [1.807, 2.05) is 32.0 Å². The van der Waals surface area contributed by atoms with Crippen molar-refractivity contribution in [1.29, 1.82) is 0 Å². The van der Waals surface area contributed by atoms with Crippen LogP contribution < -0.4 is 4.90 Å². The number of nitrogens with zero attached hydrogens (tertiary/aromatic N) is 1. The lowest BCUT2D eigenvalue weighted by molar-refractivity contribution is -0.136. The number of hydrogen-bond acceptors (Lipinski definition) is 4. The molecule has 138 valence electrons. The third-order valence-electron chi connectivity index (χ3n) is 4.46. The minimum Gasteiger partial charge on any atom is -0.508 e. The number of aryl methyl sites for hydroxylation is 2. The zero-order valence-electron chi connectivity index (χ0n) is 15.7. The molecule has 0 aromatic heterocycles. The highest BCUT2D eigenvalue weighted by Gasteiger charge is 2.37. The minimum absolute atomic E-state index is 0.131. The topological polar surface area (TPSA) is 66.8 Å². The van der Waals surface area contributed by atoms with Crippen LogP contribution in [-0.4, -0.2) is 24.1 Å². The lowest BCUT2D eigenvalue weighted by Crippen LogP contribution is -2.24. The van der Waals surface area contributed by atoms with Crippen molar-refractivity contribution in [1.82, 2.24) is 0 Å². The SMILES string of the molecule is COC(=O)C1=C(C)N(c2cc(C)cc(C)c2)C(=O)C1=Cc1ccc(O)cc1. The van der Waals surface area contributed by atoms with E-state index in [2.05, 4.69) is 0 Å². The smallest absolute Gasteiger partial charge is 0.340 e. The molecule has 0 radical (unpaired) electrons. The number of allylic oxidation sites excluding steroid dienone is 1. The lowest BCUT2D eigenvalue weighted by Gasteiger charge is -2.19. The van der Waals surface area contributed by atoms with Crippen molar-refractivity contribution in [3.05, 3.63) is 76.0 Å². The van der Waals surface area contributed by atoms with Gasteiger partial charge in [-0.25, -0.2) is 4.79 Å². The highest BCUT2D eigenvalue weighted by molar-refractivity contribution is 6.23. The van der Waals surface area contributed by atoms with Crippen LogP contribution in [0.5, 0.6) is 5.75 Å². The number of anilines is 1. The molecule has 0 saturated carbocycles. The number of amides is 1. The standard InChI is InChI=1S/C22H21NO4/c1-13-9-14(2)11-17(10-13)23-15(3)20(22(26)27-4)19(21(23)25)12-16-5-7-18(24)8-6-16/h5-12,24H,1-4H3. The van der Waals surface area contributed by atoms with E-state index in [0.717, 1.165) is 11.1 Å². The molecule has 2 aromatic carbocycles. The maximum atomic E-state index is 13.2. The predicted molar refractivity (Wildman–Crippen MR) is 104 cm³/mol. The number of carbonyl (C=O) groups excluding carboxylic acids is 2. The minimum atomic E-state index is -0.558. The van der Waals surface area contributed by atoms with Crippen molar-refractivity contribution in [3.8, 4) is 5.75 Å². The zero-order valence-corrected chi connectivity index (χ0v) is 15.7. The first-order valence-corrected chi connectivity index (χ1v) is 8.55. The zero-order chi connectivity index (χ0) is 19.7. The summed E-state index contributed by atoms with van der Waals surface area (Å²) < 4.78 is 4.92. The Morgan fingerprint density at radius 3 is 2.19 bits per heavy atom. The van der Waals surface area contributed by atoms with Gasteiger partial charge in [0.05, 0.1) is 18.3 Å². The molecule has 2 aromatic rings. The van der Waals surface area contributed by atoms with Crippen molar-refractivity contribution in [2.24, 2.45) is 0 Å². The average Bonchev–Trinajstić information content (AvgIpc) is 2.85. The molecule has 0 saturated heterocycles. The molecule has 1 N–H and O–H groups in total. The highest BCUT2D eigenvalue weighted by Crippen LogP contribution is 2.36. The van der Waals surface area contributed by atoms with Gasteiger partial charge in [-0.2, -0.15) is 0 Å². The van der Waals surface area contributed by atoms with Crippen molar-refractivity contribution < 1.29 is 19.4 Å². The van der Waals surface area contributed by atoms with E-state index < -0.39 is 5.97 Å². The van der Waals surface area contributed by atoms with Gasteiger partial charge in [0.1, 0.15) is 5.75 Å². The van der Waals surface area contributed by atoms with Gasteiger partial charge in [0, 0.05) is 11.4 Å². The van der Waals surface area contributed by atoms with E-state index in [1.54, 1.807) is 30.0 Å². The Morgan fingerprint density at radius 2 is 1.63 bits per heavy atom. The molecule has 1 heterocycles. The lowest BCUT2D eigenvalue weighted by atomic mass is 10.0. The van der Waals surface area contributed by atoms with Gasteiger partial charge in [-0.15, -0.1) is 0 Å². The molecule has 5 nitrogen and oxygen atoms in total. The number of carbonyl (C=O) groups is 2. The van der Waals surface area contributed by atoms with Gasteiger partial charge < -0.3 is 9.84 Å². The summed E-state index contributed by atoms with van der Waals surface area (Å²) in [4.78, 5) is 27.1. The Bertz CT molecular complexity index is 964. The summed E-state index contributed by atoms with van der Waals surface area (Å²) in [6, 6.07) is 12.3. The third-order valence-corrected chi connectivity index (χ3v) is 4.46. The fourth-order valence-electron chi connectivity index (χ4n) is 3.31. The molecule has 0 aliphatic carbocycles. The van der Waals surface area contributed by atoms with E-state index in [4.69, 9.17) is 4.74 Å². The number of rotatable bonds is 3. The molecule has 0 unspecified atom stereocenters. The summed E-state index contributed by atoms with van der Waals surface area (Å²) in [5.74, 6) is -0.713. The fraction of sp³-hybridized carbons (Fsp3) is 0.182. The normalized spacial score (nSPS) is 15.6. The van der Waals surface area contributed by atoms with Crippen LogP contribution >= 0.6 is 0 Å². The number of phenolic OH excluding ortho intramolecular Hbond substituents is 1. The molecule has 5 heteroatoms.